The molecule has 2 rings (SSSR count). The number of nitrogens with one attached hydrogen (secondary N) is 1. The number of nitrogen functional groups attached to an aromatic ring is 1. The normalized spacial score (nSPS) is 10.2. The van der Waals surface area contributed by atoms with Crippen LogP contribution in [0, 0.1) is 13.8 Å². The van der Waals surface area contributed by atoms with Crippen LogP contribution in [0.1, 0.15) is 21.7 Å². The number of rotatable bonds is 3. The van der Waals surface area contributed by atoms with Crippen LogP contribution in [0.2, 0.25) is 0 Å². The molecule has 1 aromatic heterocycles. The van der Waals surface area contributed by atoms with Crippen molar-refractivity contribution in [2.75, 3.05) is 18.2 Å². The van der Waals surface area contributed by atoms with Gasteiger partial charge >= 0.3 is 0 Å². The highest BCUT2D eigenvalue weighted by molar-refractivity contribution is 6.05. The van der Waals surface area contributed by atoms with E-state index >= 15 is 0 Å². The van der Waals surface area contributed by atoms with Crippen molar-refractivity contribution in [3.63, 3.8) is 0 Å². The monoisotopic (exact) mass is 272 g/mol. The zero-order valence-corrected chi connectivity index (χ0v) is 11.6. The van der Waals surface area contributed by atoms with Gasteiger partial charge in [0.2, 0.25) is 5.95 Å². The maximum atomic E-state index is 12.2. The molecule has 1 aromatic carbocycles. The highest BCUT2D eigenvalue weighted by atomic mass is 16.5. The van der Waals surface area contributed by atoms with Crippen molar-refractivity contribution in [2.45, 2.75) is 13.8 Å². The number of benzene rings is 1. The number of anilines is 2. The molecule has 1 heterocycles. The average Bonchev–Trinajstić information content (AvgIpc) is 2.37. The predicted octanol–water partition coefficient (Wildman–Crippen LogP) is 1.94. The molecule has 3 N–H and O–H groups in total. The fraction of sp³-hybridized carbons (Fsp3) is 0.214. The topological polar surface area (TPSA) is 90.1 Å². The van der Waals surface area contributed by atoms with Gasteiger partial charge in [0.25, 0.3) is 5.91 Å². The van der Waals surface area contributed by atoms with Crippen LogP contribution < -0.4 is 15.8 Å². The van der Waals surface area contributed by atoms with E-state index in [9.17, 15) is 4.79 Å². The first-order valence-electron chi connectivity index (χ1n) is 6.06. The Labute approximate surface area is 117 Å². The first-order valence-corrected chi connectivity index (χ1v) is 6.06. The Bertz CT molecular complexity index is 635. The van der Waals surface area contributed by atoms with Crippen molar-refractivity contribution in [1.29, 1.82) is 0 Å². The summed E-state index contributed by atoms with van der Waals surface area (Å²) in [7, 11) is 1.50. The smallest absolute Gasteiger partial charge is 0.261 e. The lowest BCUT2D eigenvalue weighted by Gasteiger charge is -2.10. The van der Waals surface area contributed by atoms with Gasteiger partial charge in [-0.25, -0.2) is 9.97 Å². The lowest BCUT2D eigenvalue weighted by molar-refractivity contribution is 0.102. The molecule has 0 saturated heterocycles. The predicted molar refractivity (Wildman–Crippen MR) is 76.9 cm³/mol. The van der Waals surface area contributed by atoms with Crippen LogP contribution in [-0.4, -0.2) is 23.0 Å². The van der Waals surface area contributed by atoms with Gasteiger partial charge in [-0.1, -0.05) is 0 Å². The summed E-state index contributed by atoms with van der Waals surface area (Å²) in [5.41, 5.74) is 8.09. The van der Waals surface area contributed by atoms with E-state index in [4.69, 9.17) is 10.5 Å². The number of methoxy groups -OCH3 is 1. The molecule has 20 heavy (non-hydrogen) atoms. The number of aromatic nitrogens is 2. The zero-order valence-electron chi connectivity index (χ0n) is 11.6. The quantitative estimate of drug-likeness (QED) is 0.833. The largest absolute Gasteiger partial charge is 0.496 e. The highest BCUT2D eigenvalue weighted by Gasteiger charge is 2.14. The van der Waals surface area contributed by atoms with Crippen molar-refractivity contribution < 1.29 is 9.53 Å². The number of nitrogens with two attached hydrogens (primary N) is 1. The lowest BCUT2D eigenvalue weighted by Crippen LogP contribution is -2.16. The van der Waals surface area contributed by atoms with Crippen LogP contribution in [0.3, 0.4) is 0 Å². The fourth-order valence-electron chi connectivity index (χ4n) is 1.85. The van der Waals surface area contributed by atoms with Crippen molar-refractivity contribution in [2.24, 2.45) is 0 Å². The third kappa shape index (κ3) is 3.03. The third-order valence-electron chi connectivity index (χ3n) is 2.68. The molecule has 0 aliphatic heterocycles. The minimum atomic E-state index is -0.362. The van der Waals surface area contributed by atoms with Crippen molar-refractivity contribution in [3.8, 4) is 5.75 Å². The number of ether oxygens (including phenoxy) is 1. The van der Waals surface area contributed by atoms with Gasteiger partial charge in [-0.3, -0.25) is 10.1 Å². The Kier molecular flexibility index (Phi) is 3.84. The summed E-state index contributed by atoms with van der Waals surface area (Å²) in [4.78, 5) is 20.6. The number of hydrogen-bond donors (Lipinski definition) is 2. The van der Waals surface area contributed by atoms with Crippen LogP contribution in [-0.2, 0) is 0 Å². The molecule has 0 fully saturated rings. The maximum Gasteiger partial charge on any atom is 0.261 e. The molecule has 0 radical (unpaired) electrons. The number of carbonyl (C=O) groups excluding carboxylic acids is 1. The second-order valence-corrected chi connectivity index (χ2v) is 4.39. The summed E-state index contributed by atoms with van der Waals surface area (Å²) >= 11 is 0. The van der Waals surface area contributed by atoms with Gasteiger partial charge in [-0.2, -0.15) is 0 Å². The van der Waals surface area contributed by atoms with Gasteiger partial charge in [0.15, 0.2) is 0 Å². The Balaban J connectivity index is 2.30. The SMILES string of the molecule is COc1ccc(N)cc1C(=O)Nc1nc(C)cc(C)n1. The van der Waals surface area contributed by atoms with E-state index in [0.717, 1.165) is 11.4 Å². The Morgan fingerprint density at radius 2 is 1.85 bits per heavy atom. The van der Waals surface area contributed by atoms with Crippen LogP contribution in [0.15, 0.2) is 24.3 Å². The van der Waals surface area contributed by atoms with E-state index in [1.165, 1.54) is 7.11 Å². The Morgan fingerprint density at radius 1 is 1.20 bits per heavy atom. The van der Waals surface area contributed by atoms with Crippen molar-refractivity contribution in [1.82, 2.24) is 9.97 Å². The molecule has 0 spiro atoms. The molecule has 6 heteroatoms. The number of amides is 1. The summed E-state index contributed by atoms with van der Waals surface area (Å²) in [6.45, 7) is 3.68. The third-order valence-corrected chi connectivity index (χ3v) is 2.68. The molecule has 0 atom stereocenters. The second-order valence-electron chi connectivity index (χ2n) is 4.39. The van der Waals surface area contributed by atoms with Crippen LogP contribution in [0.25, 0.3) is 0 Å². The summed E-state index contributed by atoms with van der Waals surface area (Å²) in [5.74, 6) is 0.345. The molecule has 6 nitrogen and oxygen atoms in total. The van der Waals surface area contributed by atoms with Crippen LogP contribution in [0.5, 0.6) is 5.75 Å². The minimum absolute atomic E-state index is 0.261. The second kappa shape index (κ2) is 5.56. The van der Waals surface area contributed by atoms with Gasteiger partial charge in [-0.15, -0.1) is 0 Å². The van der Waals surface area contributed by atoms with Crippen LogP contribution >= 0.6 is 0 Å². The van der Waals surface area contributed by atoms with Crippen LogP contribution in [0.4, 0.5) is 11.6 Å². The van der Waals surface area contributed by atoms with Gasteiger partial charge in [-0.05, 0) is 38.1 Å². The zero-order chi connectivity index (χ0) is 14.7. The van der Waals surface area contributed by atoms with Crippen molar-refractivity contribution >= 4 is 17.5 Å². The van der Waals surface area contributed by atoms with Gasteiger partial charge < -0.3 is 10.5 Å². The van der Waals surface area contributed by atoms with E-state index < -0.39 is 0 Å². The minimum Gasteiger partial charge on any atom is -0.496 e. The summed E-state index contributed by atoms with van der Waals surface area (Å²) in [6, 6.07) is 6.70. The number of nitrogens with zero attached hydrogens (tertiary/aromatic N) is 2. The fourth-order valence-corrected chi connectivity index (χ4v) is 1.85. The summed E-state index contributed by atoms with van der Waals surface area (Å²) in [5, 5.41) is 2.65. The number of hydrogen-bond acceptors (Lipinski definition) is 5. The Morgan fingerprint density at radius 3 is 2.45 bits per heavy atom. The molecule has 2 aromatic rings. The molecule has 1 amide bonds. The number of aryl methyl sites for hydroxylation is 2. The standard InChI is InChI=1S/C14H16N4O2/c1-8-6-9(2)17-14(16-8)18-13(19)11-7-10(15)4-5-12(11)20-3/h4-7H,15H2,1-3H3,(H,16,17,18,19). The summed E-state index contributed by atoms with van der Waals surface area (Å²) in [6.07, 6.45) is 0. The highest BCUT2D eigenvalue weighted by Crippen LogP contribution is 2.21. The average molecular weight is 272 g/mol. The maximum absolute atomic E-state index is 12.2. The molecule has 0 unspecified atom stereocenters. The first kappa shape index (κ1) is 13.8. The van der Waals surface area contributed by atoms with Gasteiger partial charge in [0.1, 0.15) is 5.75 Å². The van der Waals surface area contributed by atoms with E-state index in [-0.39, 0.29) is 11.9 Å². The molecule has 0 bridgehead atoms. The molecule has 0 aliphatic carbocycles. The lowest BCUT2D eigenvalue weighted by atomic mass is 10.1. The van der Waals surface area contributed by atoms with E-state index in [1.807, 2.05) is 19.9 Å². The first-order chi connectivity index (χ1) is 9.49. The van der Waals surface area contributed by atoms with E-state index in [2.05, 4.69) is 15.3 Å². The van der Waals surface area contributed by atoms with E-state index in [0.29, 0.717) is 17.0 Å². The van der Waals surface area contributed by atoms with Gasteiger partial charge in [0, 0.05) is 17.1 Å². The number of carbonyl (C=O) groups is 1. The van der Waals surface area contributed by atoms with Gasteiger partial charge in [0.05, 0.1) is 12.7 Å². The molecular weight excluding hydrogens is 256 g/mol. The summed E-state index contributed by atoms with van der Waals surface area (Å²) < 4.78 is 5.15. The van der Waals surface area contributed by atoms with Crippen molar-refractivity contribution in [3.05, 3.63) is 41.2 Å². The molecular formula is C14H16N4O2. The molecule has 104 valence electrons. The van der Waals surface area contributed by atoms with E-state index in [1.54, 1.807) is 18.2 Å². The molecule has 0 saturated carbocycles. The molecule has 0 aliphatic rings. The Hall–Kier alpha value is -2.63.